The Morgan fingerprint density at radius 3 is 3.08 bits per heavy atom. The maximum absolute atomic E-state index is 2.33. The van der Waals surface area contributed by atoms with Gasteiger partial charge in [0, 0.05) is 26.1 Å². The number of pyridine rings is 1. The highest BCUT2D eigenvalue weighted by Gasteiger charge is 2.20. The van der Waals surface area contributed by atoms with Gasteiger partial charge in [-0.25, -0.2) is 4.57 Å². The summed E-state index contributed by atoms with van der Waals surface area (Å²) in [4.78, 5) is 2.33. The van der Waals surface area contributed by atoms with Crippen molar-refractivity contribution in [3.8, 4) is 0 Å². The SMILES string of the molecule is CN1CCCc2c1ccc[n+]2C. The number of hydrogen-bond donors (Lipinski definition) is 0. The standard InChI is InChI=1S/C10H15N2/c1-11-7-3-6-10-9(11)5-4-8-12(10)2/h3,6-7H,4-5,8H2,1-2H3/q+1. The van der Waals surface area contributed by atoms with Crippen LogP contribution in [0.2, 0.25) is 0 Å². The van der Waals surface area contributed by atoms with Crippen LogP contribution in [0, 0.1) is 0 Å². The van der Waals surface area contributed by atoms with Gasteiger partial charge in [0.2, 0.25) is 5.69 Å². The number of hydrogen-bond acceptors (Lipinski definition) is 1. The summed E-state index contributed by atoms with van der Waals surface area (Å²) in [6.07, 6.45) is 4.62. The number of anilines is 1. The van der Waals surface area contributed by atoms with E-state index in [1.54, 1.807) is 0 Å². The van der Waals surface area contributed by atoms with Crippen LogP contribution in [0.5, 0.6) is 0 Å². The van der Waals surface area contributed by atoms with Crippen LogP contribution in [-0.4, -0.2) is 13.6 Å². The Morgan fingerprint density at radius 2 is 2.33 bits per heavy atom. The van der Waals surface area contributed by atoms with Gasteiger partial charge < -0.3 is 4.90 Å². The van der Waals surface area contributed by atoms with Crippen LogP contribution in [0.15, 0.2) is 18.3 Å². The Balaban J connectivity index is 2.52. The molecule has 2 heterocycles. The summed E-state index contributed by atoms with van der Waals surface area (Å²) in [6.45, 7) is 1.19. The second-order valence-electron chi connectivity index (χ2n) is 3.48. The van der Waals surface area contributed by atoms with Crippen molar-refractivity contribution in [1.82, 2.24) is 0 Å². The Labute approximate surface area is 73.4 Å². The largest absolute Gasteiger partial charge is 0.370 e. The molecular formula is C10H15N2+. The van der Waals surface area contributed by atoms with Crippen LogP contribution in [0.3, 0.4) is 0 Å². The fraction of sp³-hybridized carbons (Fsp3) is 0.500. The summed E-state index contributed by atoms with van der Waals surface area (Å²) >= 11 is 0. The molecule has 0 atom stereocenters. The molecule has 0 spiro atoms. The van der Waals surface area contributed by atoms with Crippen molar-refractivity contribution in [2.45, 2.75) is 12.8 Å². The van der Waals surface area contributed by atoms with Crippen LogP contribution in [0.4, 0.5) is 5.69 Å². The summed E-state index contributed by atoms with van der Waals surface area (Å²) in [5, 5.41) is 0. The minimum atomic E-state index is 1.19. The summed E-state index contributed by atoms with van der Waals surface area (Å²) in [5.41, 5.74) is 2.86. The Kier molecular flexibility index (Phi) is 1.75. The smallest absolute Gasteiger partial charge is 0.204 e. The highest BCUT2D eigenvalue weighted by Crippen LogP contribution is 2.21. The molecule has 0 radical (unpaired) electrons. The number of nitrogens with zero attached hydrogens (tertiary/aromatic N) is 2. The number of aromatic nitrogens is 1. The van der Waals surface area contributed by atoms with E-state index in [9.17, 15) is 0 Å². The van der Waals surface area contributed by atoms with Gasteiger partial charge in [0.15, 0.2) is 6.20 Å². The molecule has 0 unspecified atom stereocenters. The van der Waals surface area contributed by atoms with Gasteiger partial charge in [-0.05, 0) is 12.5 Å². The molecule has 2 rings (SSSR count). The van der Waals surface area contributed by atoms with Gasteiger partial charge in [-0.1, -0.05) is 0 Å². The van der Waals surface area contributed by atoms with Crippen LogP contribution in [-0.2, 0) is 13.5 Å². The molecule has 64 valence electrons. The first-order chi connectivity index (χ1) is 5.79. The molecule has 1 aliphatic rings. The minimum absolute atomic E-state index is 1.19. The van der Waals surface area contributed by atoms with E-state index in [0.29, 0.717) is 0 Å². The predicted molar refractivity (Wildman–Crippen MR) is 49.2 cm³/mol. The van der Waals surface area contributed by atoms with Crippen molar-refractivity contribution in [3.05, 3.63) is 24.0 Å². The molecule has 2 heteroatoms. The third-order valence-electron chi connectivity index (χ3n) is 2.60. The van der Waals surface area contributed by atoms with Gasteiger partial charge in [0.05, 0.1) is 0 Å². The van der Waals surface area contributed by atoms with E-state index >= 15 is 0 Å². The number of fused-ring (bicyclic) bond motifs is 1. The van der Waals surface area contributed by atoms with Gasteiger partial charge in [0.25, 0.3) is 0 Å². The highest BCUT2D eigenvalue weighted by atomic mass is 15.1. The van der Waals surface area contributed by atoms with Crippen LogP contribution < -0.4 is 9.47 Å². The normalized spacial score (nSPS) is 16.0. The Bertz CT molecular complexity index is 294. The molecule has 0 saturated carbocycles. The molecule has 1 aromatic rings. The zero-order valence-electron chi connectivity index (χ0n) is 7.75. The summed E-state index contributed by atoms with van der Waals surface area (Å²) in [7, 11) is 4.29. The quantitative estimate of drug-likeness (QED) is 0.515. The second-order valence-corrected chi connectivity index (χ2v) is 3.48. The first-order valence-corrected chi connectivity index (χ1v) is 4.47. The van der Waals surface area contributed by atoms with Gasteiger partial charge in [-0.15, -0.1) is 0 Å². The van der Waals surface area contributed by atoms with Gasteiger partial charge in [-0.2, -0.15) is 0 Å². The van der Waals surface area contributed by atoms with Crippen LogP contribution in [0.25, 0.3) is 0 Å². The zero-order valence-corrected chi connectivity index (χ0v) is 7.75. The van der Waals surface area contributed by atoms with E-state index in [1.807, 2.05) is 0 Å². The highest BCUT2D eigenvalue weighted by molar-refractivity contribution is 5.49. The minimum Gasteiger partial charge on any atom is -0.370 e. The molecule has 0 aliphatic carbocycles. The molecular weight excluding hydrogens is 148 g/mol. The molecule has 0 N–H and O–H groups in total. The van der Waals surface area contributed by atoms with E-state index in [4.69, 9.17) is 0 Å². The molecule has 0 saturated heterocycles. The van der Waals surface area contributed by atoms with Crippen molar-refractivity contribution in [2.75, 3.05) is 18.5 Å². The Hall–Kier alpha value is -1.05. The van der Waals surface area contributed by atoms with Crippen molar-refractivity contribution < 1.29 is 4.57 Å². The van der Waals surface area contributed by atoms with Crippen molar-refractivity contribution in [2.24, 2.45) is 7.05 Å². The molecule has 12 heavy (non-hydrogen) atoms. The molecule has 2 nitrogen and oxygen atoms in total. The lowest BCUT2D eigenvalue weighted by Gasteiger charge is -2.24. The summed E-state index contributed by atoms with van der Waals surface area (Å²) in [5.74, 6) is 0. The molecule has 0 bridgehead atoms. The van der Waals surface area contributed by atoms with Crippen molar-refractivity contribution >= 4 is 5.69 Å². The molecule has 0 amide bonds. The van der Waals surface area contributed by atoms with E-state index < -0.39 is 0 Å². The predicted octanol–water partition coefficient (Wildman–Crippen LogP) is 0.893. The van der Waals surface area contributed by atoms with E-state index in [-0.39, 0.29) is 0 Å². The maximum atomic E-state index is 2.33. The lowest BCUT2D eigenvalue weighted by atomic mass is 10.1. The number of aryl methyl sites for hydroxylation is 1. The second kappa shape index (κ2) is 2.77. The van der Waals surface area contributed by atoms with Gasteiger partial charge in [-0.3, -0.25) is 0 Å². The molecule has 0 aromatic carbocycles. The zero-order chi connectivity index (χ0) is 8.55. The Morgan fingerprint density at radius 1 is 1.50 bits per heavy atom. The lowest BCUT2D eigenvalue weighted by Crippen LogP contribution is -2.39. The van der Waals surface area contributed by atoms with E-state index in [0.717, 1.165) is 0 Å². The third-order valence-corrected chi connectivity index (χ3v) is 2.60. The fourth-order valence-electron chi connectivity index (χ4n) is 1.89. The van der Waals surface area contributed by atoms with E-state index in [1.165, 1.54) is 30.8 Å². The third kappa shape index (κ3) is 1.07. The maximum Gasteiger partial charge on any atom is 0.204 e. The summed E-state index contributed by atoms with van der Waals surface area (Å²) in [6, 6.07) is 4.31. The molecule has 1 aromatic heterocycles. The average molecular weight is 163 g/mol. The fourth-order valence-corrected chi connectivity index (χ4v) is 1.89. The topological polar surface area (TPSA) is 7.12 Å². The first-order valence-electron chi connectivity index (χ1n) is 4.47. The van der Waals surface area contributed by atoms with E-state index in [2.05, 4.69) is 41.9 Å². The number of rotatable bonds is 0. The van der Waals surface area contributed by atoms with Crippen molar-refractivity contribution in [1.29, 1.82) is 0 Å². The lowest BCUT2D eigenvalue weighted by molar-refractivity contribution is -0.678. The molecule has 1 aliphatic heterocycles. The van der Waals surface area contributed by atoms with Gasteiger partial charge >= 0.3 is 0 Å². The monoisotopic (exact) mass is 163 g/mol. The van der Waals surface area contributed by atoms with Crippen molar-refractivity contribution in [3.63, 3.8) is 0 Å². The van der Waals surface area contributed by atoms with Crippen LogP contribution >= 0.6 is 0 Å². The summed E-state index contributed by atoms with van der Waals surface area (Å²) < 4.78 is 2.23. The van der Waals surface area contributed by atoms with Gasteiger partial charge in [0.1, 0.15) is 12.7 Å². The molecule has 0 fully saturated rings. The average Bonchev–Trinajstić information content (AvgIpc) is 2.07. The first kappa shape index (κ1) is 7.59. The van der Waals surface area contributed by atoms with Crippen LogP contribution in [0.1, 0.15) is 12.1 Å².